The second kappa shape index (κ2) is 4.29. The number of ether oxygens (including phenoxy) is 1. The maximum Gasteiger partial charge on any atom is 0.421 e. The van der Waals surface area contributed by atoms with Crippen LogP contribution in [0.15, 0.2) is 12.2 Å². The zero-order valence-electron chi connectivity index (χ0n) is 10.3. The maximum atomic E-state index is 13.2. The smallest absolute Gasteiger partial charge is 0.421 e. The molecule has 114 valence electrons. The number of hydrogen-bond acceptors (Lipinski definition) is 2. The SMILES string of the molecule is CCOC(=O)N1C2C=CC(C2)C1(C(F)(F)F)C(F)(F)F. The Balaban J connectivity index is 2.58. The van der Waals surface area contributed by atoms with E-state index >= 15 is 0 Å². The maximum absolute atomic E-state index is 13.2. The quantitative estimate of drug-likeness (QED) is 0.549. The highest BCUT2D eigenvalue weighted by Crippen LogP contribution is 2.60. The molecule has 1 saturated heterocycles. The molecule has 0 saturated carbocycles. The van der Waals surface area contributed by atoms with E-state index in [1.165, 1.54) is 13.0 Å². The van der Waals surface area contributed by atoms with E-state index in [2.05, 4.69) is 4.74 Å². The number of rotatable bonds is 1. The summed E-state index contributed by atoms with van der Waals surface area (Å²) < 4.78 is 83.7. The summed E-state index contributed by atoms with van der Waals surface area (Å²) in [4.78, 5) is 11.4. The third kappa shape index (κ3) is 1.71. The third-order valence-electron chi connectivity index (χ3n) is 3.64. The number of nitrogens with zero attached hydrogens (tertiary/aromatic N) is 1. The highest BCUT2D eigenvalue weighted by molar-refractivity contribution is 5.71. The van der Waals surface area contributed by atoms with E-state index in [9.17, 15) is 31.1 Å². The van der Waals surface area contributed by atoms with Gasteiger partial charge in [0.2, 0.25) is 5.54 Å². The molecule has 0 spiro atoms. The van der Waals surface area contributed by atoms with Crippen molar-refractivity contribution >= 4 is 6.09 Å². The molecule has 0 N–H and O–H groups in total. The number of likely N-dealkylation sites (tertiary alicyclic amines) is 1. The lowest BCUT2D eigenvalue weighted by atomic mass is 9.83. The molecule has 1 aliphatic heterocycles. The highest BCUT2D eigenvalue weighted by Gasteiger charge is 2.82. The van der Waals surface area contributed by atoms with E-state index in [1.807, 2.05) is 0 Å². The summed E-state index contributed by atoms with van der Waals surface area (Å²) in [6.45, 7) is 1.01. The van der Waals surface area contributed by atoms with E-state index in [-0.39, 0.29) is 11.5 Å². The van der Waals surface area contributed by atoms with Crippen LogP contribution in [0.25, 0.3) is 0 Å². The molecule has 1 fully saturated rings. The Hall–Kier alpha value is -1.41. The lowest BCUT2D eigenvalue weighted by Crippen LogP contribution is -2.70. The molecule has 0 aromatic heterocycles. The summed E-state index contributed by atoms with van der Waals surface area (Å²) in [6.07, 6.45) is -11.2. The van der Waals surface area contributed by atoms with Gasteiger partial charge in [-0.05, 0) is 13.3 Å². The molecule has 2 aliphatic rings. The first-order valence-electron chi connectivity index (χ1n) is 5.85. The van der Waals surface area contributed by atoms with E-state index in [0.29, 0.717) is 0 Å². The molecular formula is C11H11F6NO2. The van der Waals surface area contributed by atoms with Gasteiger partial charge in [-0.1, -0.05) is 12.2 Å². The minimum Gasteiger partial charge on any atom is -0.450 e. The van der Waals surface area contributed by atoms with Crippen LogP contribution in [0.5, 0.6) is 0 Å². The van der Waals surface area contributed by atoms with Gasteiger partial charge in [-0.15, -0.1) is 0 Å². The van der Waals surface area contributed by atoms with Crippen LogP contribution in [0, 0.1) is 5.92 Å². The minimum atomic E-state index is -5.64. The molecule has 3 nitrogen and oxygen atoms in total. The molecule has 1 heterocycles. The van der Waals surface area contributed by atoms with Crippen LogP contribution in [0.2, 0.25) is 0 Å². The Morgan fingerprint density at radius 1 is 1.25 bits per heavy atom. The van der Waals surface area contributed by atoms with Gasteiger partial charge in [0.1, 0.15) is 0 Å². The molecule has 0 aromatic carbocycles. The Bertz CT molecular complexity index is 427. The topological polar surface area (TPSA) is 29.5 Å². The fourth-order valence-electron chi connectivity index (χ4n) is 2.95. The largest absolute Gasteiger partial charge is 0.450 e. The second-order valence-electron chi connectivity index (χ2n) is 4.63. The van der Waals surface area contributed by atoms with Gasteiger partial charge in [-0.25, -0.2) is 4.79 Å². The first-order chi connectivity index (χ1) is 9.07. The van der Waals surface area contributed by atoms with Gasteiger partial charge in [-0.2, -0.15) is 26.3 Å². The van der Waals surface area contributed by atoms with Crippen LogP contribution in [0.1, 0.15) is 13.3 Å². The van der Waals surface area contributed by atoms with Gasteiger partial charge in [0, 0.05) is 5.92 Å². The summed E-state index contributed by atoms with van der Waals surface area (Å²) in [5.41, 5.74) is -4.20. The minimum absolute atomic E-state index is 0.207. The third-order valence-corrected chi connectivity index (χ3v) is 3.64. The van der Waals surface area contributed by atoms with Crippen LogP contribution >= 0.6 is 0 Å². The summed E-state index contributed by atoms with van der Waals surface area (Å²) >= 11 is 0. The molecule has 2 unspecified atom stereocenters. The average molecular weight is 303 g/mol. The molecular weight excluding hydrogens is 292 g/mol. The molecule has 2 atom stereocenters. The molecule has 1 amide bonds. The number of alkyl halides is 6. The Morgan fingerprint density at radius 2 is 1.80 bits per heavy atom. The Morgan fingerprint density at radius 3 is 2.25 bits per heavy atom. The van der Waals surface area contributed by atoms with Crippen molar-refractivity contribution in [3.63, 3.8) is 0 Å². The molecule has 20 heavy (non-hydrogen) atoms. The molecule has 0 radical (unpaired) electrons. The Labute approximate surface area is 110 Å². The first-order valence-corrected chi connectivity index (χ1v) is 5.85. The zero-order valence-corrected chi connectivity index (χ0v) is 10.3. The fourth-order valence-corrected chi connectivity index (χ4v) is 2.95. The summed E-state index contributed by atoms with van der Waals surface area (Å²) in [5.74, 6) is -1.84. The molecule has 2 rings (SSSR count). The van der Waals surface area contributed by atoms with Gasteiger partial charge < -0.3 is 4.74 Å². The van der Waals surface area contributed by atoms with Crippen LogP contribution < -0.4 is 0 Å². The zero-order chi connectivity index (χ0) is 15.3. The van der Waals surface area contributed by atoms with E-state index < -0.39 is 42.4 Å². The number of fused-ring (bicyclic) bond motifs is 2. The standard InChI is InChI=1S/C11H11F6NO2/c1-2-20-8(19)18-7-4-3-6(5-7)9(18,10(12,13)14)11(15,16)17/h3-4,6-7H,2,5H2,1H3. The van der Waals surface area contributed by atoms with E-state index in [4.69, 9.17) is 0 Å². The van der Waals surface area contributed by atoms with Crippen LogP contribution in [0.3, 0.4) is 0 Å². The predicted octanol–water partition coefficient (Wildman–Crippen LogP) is 3.27. The monoisotopic (exact) mass is 303 g/mol. The number of halogens is 6. The summed E-state index contributed by atoms with van der Waals surface area (Å²) in [7, 11) is 0. The normalized spacial score (nSPS) is 28.1. The lowest BCUT2D eigenvalue weighted by molar-refractivity contribution is -0.337. The van der Waals surface area contributed by atoms with Gasteiger partial charge in [0.15, 0.2) is 0 Å². The van der Waals surface area contributed by atoms with Crippen molar-refractivity contribution in [2.24, 2.45) is 5.92 Å². The predicted molar refractivity (Wildman–Crippen MR) is 54.7 cm³/mol. The van der Waals surface area contributed by atoms with Crippen molar-refractivity contribution in [3.8, 4) is 0 Å². The first kappa shape index (κ1) is 15.0. The van der Waals surface area contributed by atoms with Crippen molar-refractivity contribution in [2.45, 2.75) is 37.3 Å². The molecule has 9 heteroatoms. The summed E-state index contributed by atoms with van der Waals surface area (Å²) in [6, 6.07) is -1.25. The van der Waals surface area contributed by atoms with Crippen LogP contribution in [0.4, 0.5) is 31.1 Å². The molecule has 0 aromatic rings. The van der Waals surface area contributed by atoms with Crippen molar-refractivity contribution < 1.29 is 35.9 Å². The van der Waals surface area contributed by atoms with Crippen LogP contribution in [-0.2, 0) is 4.74 Å². The lowest BCUT2D eigenvalue weighted by Gasteiger charge is -2.45. The molecule has 1 aliphatic carbocycles. The number of carbonyl (C=O) groups is 1. The van der Waals surface area contributed by atoms with E-state index in [1.54, 1.807) is 0 Å². The van der Waals surface area contributed by atoms with Gasteiger partial charge in [-0.3, -0.25) is 4.90 Å². The van der Waals surface area contributed by atoms with Gasteiger partial charge in [0.25, 0.3) is 0 Å². The van der Waals surface area contributed by atoms with Gasteiger partial charge in [0.05, 0.1) is 12.6 Å². The average Bonchev–Trinajstić information content (AvgIpc) is 2.84. The number of amides is 1. The van der Waals surface area contributed by atoms with Crippen molar-refractivity contribution in [3.05, 3.63) is 12.2 Å². The van der Waals surface area contributed by atoms with Crippen molar-refractivity contribution in [1.82, 2.24) is 4.90 Å². The summed E-state index contributed by atoms with van der Waals surface area (Å²) in [5, 5.41) is 0. The highest BCUT2D eigenvalue weighted by atomic mass is 19.4. The number of carbonyl (C=O) groups excluding carboxylic acids is 1. The fraction of sp³-hybridized carbons (Fsp3) is 0.727. The van der Waals surface area contributed by atoms with Crippen molar-refractivity contribution in [2.75, 3.05) is 6.61 Å². The second-order valence-corrected chi connectivity index (χ2v) is 4.63. The van der Waals surface area contributed by atoms with E-state index in [0.717, 1.165) is 6.08 Å². The molecule has 2 bridgehead atoms. The van der Waals surface area contributed by atoms with Crippen molar-refractivity contribution in [1.29, 1.82) is 0 Å². The number of hydrogen-bond donors (Lipinski definition) is 0. The van der Waals surface area contributed by atoms with Crippen LogP contribution in [-0.4, -0.2) is 41.5 Å². The van der Waals surface area contributed by atoms with Gasteiger partial charge >= 0.3 is 18.4 Å². The Kier molecular flexibility index (Phi) is 3.22.